The second-order valence-electron chi connectivity index (χ2n) is 4.97. The normalized spacial score (nSPS) is 11.0. The van der Waals surface area contributed by atoms with Crippen LogP contribution in [0.4, 0.5) is 0 Å². The maximum atomic E-state index is 6.33. The molecule has 0 atom stereocenters. The molecule has 4 heteroatoms. The third kappa shape index (κ3) is 2.61. The molecular weight excluding hydrogens is 303 g/mol. The molecule has 0 unspecified atom stereocenters. The van der Waals surface area contributed by atoms with Gasteiger partial charge < -0.3 is 0 Å². The summed E-state index contributed by atoms with van der Waals surface area (Å²) in [5, 5.41) is 2.07. The van der Waals surface area contributed by atoms with Gasteiger partial charge in [-0.15, -0.1) is 0 Å². The van der Waals surface area contributed by atoms with Gasteiger partial charge in [-0.1, -0.05) is 54.4 Å². The molecule has 0 spiro atoms. The van der Waals surface area contributed by atoms with Crippen LogP contribution in [-0.4, -0.2) is 9.97 Å². The lowest BCUT2D eigenvalue weighted by Crippen LogP contribution is -1.95. The number of para-hydroxylation sites is 1. The summed E-state index contributed by atoms with van der Waals surface area (Å²) in [7, 11) is 0. The Labute approximate surface area is 133 Å². The molecule has 0 radical (unpaired) electrons. The molecule has 106 valence electrons. The van der Waals surface area contributed by atoms with E-state index in [1.807, 2.05) is 37.3 Å². The largest absolute Gasteiger partial charge is 0.228 e. The lowest BCUT2D eigenvalue weighted by molar-refractivity contribution is 1.13. The summed E-state index contributed by atoms with van der Waals surface area (Å²) in [5.74, 6) is 0.607. The molecule has 21 heavy (non-hydrogen) atoms. The van der Waals surface area contributed by atoms with Gasteiger partial charge >= 0.3 is 0 Å². The zero-order valence-corrected chi connectivity index (χ0v) is 13.3. The molecule has 0 aliphatic heterocycles. The minimum absolute atomic E-state index is 0.474. The predicted octanol–water partition coefficient (Wildman–Crippen LogP) is 5.47. The number of fused-ring (bicyclic) bond motifs is 1. The third-order valence-corrected chi connectivity index (χ3v) is 4.27. The number of nitrogens with zero attached hydrogens (tertiary/aromatic N) is 2. The van der Waals surface area contributed by atoms with E-state index in [0.717, 1.165) is 34.0 Å². The fourth-order valence-corrected chi connectivity index (χ4v) is 2.73. The topological polar surface area (TPSA) is 25.8 Å². The van der Waals surface area contributed by atoms with E-state index in [9.17, 15) is 0 Å². The summed E-state index contributed by atoms with van der Waals surface area (Å²) < 4.78 is 0. The highest BCUT2D eigenvalue weighted by molar-refractivity contribution is 6.34. The van der Waals surface area contributed by atoms with Crippen LogP contribution in [0.25, 0.3) is 22.3 Å². The van der Waals surface area contributed by atoms with E-state index in [1.165, 1.54) is 0 Å². The van der Waals surface area contributed by atoms with Crippen LogP contribution in [0.1, 0.15) is 18.1 Å². The highest BCUT2D eigenvalue weighted by Gasteiger charge is 2.11. The van der Waals surface area contributed by atoms with Gasteiger partial charge in [0.25, 0.3) is 0 Å². The molecular formula is C17H14Cl2N2. The summed E-state index contributed by atoms with van der Waals surface area (Å²) in [4.78, 5) is 9.11. The van der Waals surface area contributed by atoms with Crippen molar-refractivity contribution < 1.29 is 0 Å². The van der Waals surface area contributed by atoms with E-state index >= 15 is 0 Å². The fourth-order valence-electron chi connectivity index (χ4n) is 2.32. The Hall–Kier alpha value is -1.64. The summed E-state index contributed by atoms with van der Waals surface area (Å²) in [6, 6.07) is 11.8. The highest BCUT2D eigenvalue weighted by atomic mass is 35.5. The Morgan fingerprint density at radius 1 is 1.05 bits per heavy atom. The van der Waals surface area contributed by atoms with Gasteiger partial charge in [0, 0.05) is 16.0 Å². The molecule has 0 bridgehead atoms. The van der Waals surface area contributed by atoms with Crippen LogP contribution in [0.5, 0.6) is 0 Å². The zero-order valence-electron chi connectivity index (χ0n) is 11.8. The number of hydrogen-bond acceptors (Lipinski definition) is 2. The van der Waals surface area contributed by atoms with Crippen LogP contribution < -0.4 is 0 Å². The average Bonchev–Trinajstić information content (AvgIpc) is 2.49. The molecule has 0 amide bonds. The van der Waals surface area contributed by atoms with Gasteiger partial charge in [0.2, 0.25) is 0 Å². The Kier molecular flexibility index (Phi) is 3.83. The van der Waals surface area contributed by atoms with Crippen LogP contribution in [0, 0.1) is 6.92 Å². The Morgan fingerprint density at radius 3 is 2.57 bits per heavy atom. The Bertz CT molecular complexity index is 828. The van der Waals surface area contributed by atoms with Gasteiger partial charge in [-0.25, -0.2) is 9.97 Å². The van der Waals surface area contributed by atoms with Crippen LogP contribution in [0.3, 0.4) is 0 Å². The summed E-state index contributed by atoms with van der Waals surface area (Å²) in [6.07, 6.45) is 0.902. The van der Waals surface area contributed by atoms with Crippen molar-refractivity contribution in [2.24, 2.45) is 0 Å². The first kappa shape index (κ1) is 14.3. The molecule has 1 heterocycles. The van der Waals surface area contributed by atoms with Crippen molar-refractivity contribution in [3.63, 3.8) is 0 Å². The van der Waals surface area contributed by atoms with Gasteiger partial charge in [-0.3, -0.25) is 0 Å². The van der Waals surface area contributed by atoms with E-state index in [-0.39, 0.29) is 0 Å². The van der Waals surface area contributed by atoms with Crippen LogP contribution in [-0.2, 0) is 6.42 Å². The molecule has 2 nitrogen and oxygen atoms in total. The lowest BCUT2D eigenvalue weighted by Gasteiger charge is -2.08. The molecule has 0 saturated heterocycles. The van der Waals surface area contributed by atoms with Crippen molar-refractivity contribution in [2.45, 2.75) is 20.3 Å². The SMILES string of the molecule is CCc1cccc2c(Cl)nc(-c3ccc(C)c(Cl)c3)nc12. The van der Waals surface area contributed by atoms with E-state index in [4.69, 9.17) is 28.2 Å². The number of hydrogen-bond donors (Lipinski definition) is 0. The fraction of sp³-hybridized carbons (Fsp3) is 0.176. The molecule has 2 aromatic carbocycles. The van der Waals surface area contributed by atoms with Crippen LogP contribution in [0.15, 0.2) is 36.4 Å². The summed E-state index contributed by atoms with van der Waals surface area (Å²) >= 11 is 12.5. The quantitative estimate of drug-likeness (QED) is 0.585. The maximum Gasteiger partial charge on any atom is 0.161 e. The smallest absolute Gasteiger partial charge is 0.161 e. The standard InChI is InChI=1S/C17H14Cl2N2/c1-3-11-5-4-6-13-15(11)20-17(21-16(13)19)12-8-7-10(2)14(18)9-12/h4-9H,3H2,1-2H3. The number of aromatic nitrogens is 2. The first-order chi connectivity index (χ1) is 10.1. The van der Waals surface area contributed by atoms with Crippen LogP contribution in [0.2, 0.25) is 10.2 Å². The summed E-state index contributed by atoms with van der Waals surface area (Å²) in [5.41, 5.74) is 3.98. The number of rotatable bonds is 2. The highest BCUT2D eigenvalue weighted by Crippen LogP contribution is 2.29. The van der Waals surface area contributed by atoms with Crippen molar-refractivity contribution in [3.8, 4) is 11.4 Å². The van der Waals surface area contributed by atoms with Crippen molar-refractivity contribution in [1.82, 2.24) is 9.97 Å². The molecule has 0 aliphatic rings. The minimum atomic E-state index is 0.474. The second-order valence-corrected chi connectivity index (χ2v) is 5.73. The van der Waals surface area contributed by atoms with Gasteiger partial charge in [-0.05, 0) is 36.6 Å². The van der Waals surface area contributed by atoms with Crippen molar-refractivity contribution in [1.29, 1.82) is 0 Å². The lowest BCUT2D eigenvalue weighted by atomic mass is 10.1. The molecule has 3 rings (SSSR count). The van der Waals surface area contributed by atoms with Crippen molar-refractivity contribution in [3.05, 3.63) is 57.7 Å². The van der Waals surface area contributed by atoms with Crippen LogP contribution >= 0.6 is 23.2 Å². The molecule has 3 aromatic rings. The zero-order chi connectivity index (χ0) is 15.0. The number of aryl methyl sites for hydroxylation is 2. The van der Waals surface area contributed by atoms with E-state index < -0.39 is 0 Å². The van der Waals surface area contributed by atoms with Gasteiger partial charge in [-0.2, -0.15) is 0 Å². The third-order valence-electron chi connectivity index (χ3n) is 3.57. The first-order valence-corrected chi connectivity index (χ1v) is 7.57. The average molecular weight is 317 g/mol. The predicted molar refractivity (Wildman–Crippen MR) is 89.1 cm³/mol. The van der Waals surface area contributed by atoms with Crippen molar-refractivity contribution >= 4 is 34.1 Å². The Balaban J connectivity index is 2.26. The number of benzene rings is 2. The van der Waals surface area contributed by atoms with Gasteiger partial charge in [0.05, 0.1) is 5.52 Å². The first-order valence-electron chi connectivity index (χ1n) is 6.82. The Morgan fingerprint density at radius 2 is 1.86 bits per heavy atom. The van der Waals surface area contributed by atoms with Gasteiger partial charge in [0.15, 0.2) is 5.82 Å². The molecule has 0 N–H and O–H groups in total. The van der Waals surface area contributed by atoms with Crippen molar-refractivity contribution in [2.75, 3.05) is 0 Å². The van der Waals surface area contributed by atoms with Gasteiger partial charge in [0.1, 0.15) is 5.15 Å². The van der Waals surface area contributed by atoms with E-state index in [1.54, 1.807) is 0 Å². The molecule has 0 saturated carbocycles. The van der Waals surface area contributed by atoms with E-state index in [2.05, 4.69) is 18.0 Å². The molecule has 0 fully saturated rings. The maximum absolute atomic E-state index is 6.33. The second kappa shape index (κ2) is 5.63. The number of halogens is 2. The summed E-state index contributed by atoms with van der Waals surface area (Å²) in [6.45, 7) is 4.07. The minimum Gasteiger partial charge on any atom is -0.228 e. The molecule has 1 aromatic heterocycles. The monoisotopic (exact) mass is 316 g/mol. The van der Waals surface area contributed by atoms with E-state index in [0.29, 0.717) is 16.0 Å². The molecule has 0 aliphatic carbocycles.